The highest BCUT2D eigenvalue weighted by Gasteiger charge is 2.03. The zero-order valence-corrected chi connectivity index (χ0v) is 9.39. The monoisotopic (exact) mass is 237 g/mol. The number of rotatable bonds is 3. The van der Waals surface area contributed by atoms with Gasteiger partial charge in [0.2, 0.25) is 0 Å². The molecule has 0 radical (unpaired) electrons. The number of hydrogen-bond acceptors (Lipinski definition) is 3. The van der Waals surface area contributed by atoms with Crippen molar-refractivity contribution in [3.63, 3.8) is 0 Å². The molecule has 1 aromatic carbocycles. The van der Waals surface area contributed by atoms with Gasteiger partial charge in [-0.2, -0.15) is 0 Å². The third-order valence-corrected chi connectivity index (χ3v) is 3.07. The van der Waals surface area contributed by atoms with Crippen LogP contribution in [0.2, 0.25) is 5.02 Å². The fraction of sp³-hybridized carbons (Fsp3) is 0.0909. The number of thiazole rings is 1. The number of benzene rings is 1. The summed E-state index contributed by atoms with van der Waals surface area (Å²) in [6, 6.07) is 7.50. The largest absolute Gasteiger partial charge is 0.303 e. The molecule has 0 atom stereocenters. The molecule has 0 aliphatic rings. The molecule has 2 aromatic rings. The van der Waals surface area contributed by atoms with Crippen molar-refractivity contribution in [1.82, 2.24) is 4.98 Å². The second kappa shape index (κ2) is 4.55. The first-order valence-electron chi connectivity index (χ1n) is 4.43. The Bertz CT molecular complexity index is 464. The first-order chi connectivity index (χ1) is 7.29. The minimum Gasteiger partial charge on any atom is -0.303 e. The van der Waals surface area contributed by atoms with Gasteiger partial charge in [-0.15, -0.1) is 11.3 Å². The van der Waals surface area contributed by atoms with Crippen LogP contribution in [0.5, 0.6) is 0 Å². The van der Waals surface area contributed by atoms with Crippen LogP contribution in [0.1, 0.15) is 5.01 Å². The summed E-state index contributed by atoms with van der Waals surface area (Å²) < 4.78 is 0. The van der Waals surface area contributed by atoms with E-state index in [0.29, 0.717) is 11.4 Å². The van der Waals surface area contributed by atoms with Crippen molar-refractivity contribution in [3.05, 3.63) is 39.7 Å². The second-order valence-electron chi connectivity index (χ2n) is 3.00. The number of aldehydes is 1. The molecule has 0 N–H and O–H groups in total. The number of carbonyl (C=O) groups is 1. The lowest BCUT2D eigenvalue weighted by Gasteiger charge is -1.95. The van der Waals surface area contributed by atoms with Gasteiger partial charge in [-0.25, -0.2) is 4.98 Å². The lowest BCUT2D eigenvalue weighted by Crippen LogP contribution is -1.84. The average molecular weight is 238 g/mol. The van der Waals surface area contributed by atoms with Gasteiger partial charge in [-0.1, -0.05) is 23.7 Å². The van der Waals surface area contributed by atoms with Gasteiger partial charge in [0.15, 0.2) is 0 Å². The summed E-state index contributed by atoms with van der Waals surface area (Å²) in [4.78, 5) is 14.7. The van der Waals surface area contributed by atoms with Crippen LogP contribution in [-0.4, -0.2) is 11.3 Å². The van der Waals surface area contributed by atoms with Crippen LogP contribution < -0.4 is 0 Å². The SMILES string of the molecule is O=CCc1nc(-c2ccc(Cl)cc2)cs1. The maximum absolute atomic E-state index is 10.3. The van der Waals surface area contributed by atoms with Crippen molar-refractivity contribution in [1.29, 1.82) is 0 Å². The molecule has 0 spiro atoms. The van der Waals surface area contributed by atoms with E-state index in [-0.39, 0.29) is 0 Å². The van der Waals surface area contributed by atoms with Gasteiger partial charge in [0, 0.05) is 16.0 Å². The van der Waals surface area contributed by atoms with Crippen LogP contribution in [0, 0.1) is 0 Å². The van der Waals surface area contributed by atoms with Crippen LogP contribution in [0.15, 0.2) is 29.6 Å². The predicted molar refractivity (Wildman–Crippen MR) is 62.3 cm³/mol. The molecule has 0 amide bonds. The second-order valence-corrected chi connectivity index (χ2v) is 4.38. The summed E-state index contributed by atoms with van der Waals surface area (Å²) in [5.41, 5.74) is 1.92. The average Bonchev–Trinajstić information content (AvgIpc) is 2.68. The predicted octanol–water partition coefficient (Wildman–Crippen LogP) is 3.20. The summed E-state index contributed by atoms with van der Waals surface area (Å²) in [5, 5.41) is 3.50. The minimum absolute atomic E-state index is 0.387. The van der Waals surface area contributed by atoms with Crippen LogP contribution in [0.3, 0.4) is 0 Å². The first-order valence-corrected chi connectivity index (χ1v) is 5.69. The standard InChI is InChI=1S/C11H8ClNOS/c12-9-3-1-8(2-4-9)10-7-15-11(13-10)5-6-14/h1-4,6-7H,5H2. The summed E-state index contributed by atoms with van der Waals surface area (Å²) in [6.07, 6.45) is 1.25. The molecule has 0 bridgehead atoms. The van der Waals surface area contributed by atoms with E-state index in [2.05, 4.69) is 4.98 Å². The molecule has 0 saturated heterocycles. The Labute approximate surface area is 96.5 Å². The fourth-order valence-electron chi connectivity index (χ4n) is 1.23. The van der Waals surface area contributed by atoms with Crippen LogP contribution in [0.25, 0.3) is 11.3 Å². The van der Waals surface area contributed by atoms with E-state index in [4.69, 9.17) is 11.6 Å². The fourth-order valence-corrected chi connectivity index (χ4v) is 2.11. The van der Waals surface area contributed by atoms with E-state index in [1.807, 2.05) is 29.6 Å². The van der Waals surface area contributed by atoms with Crippen molar-refractivity contribution >= 4 is 29.2 Å². The van der Waals surface area contributed by atoms with E-state index >= 15 is 0 Å². The van der Waals surface area contributed by atoms with Crippen LogP contribution in [0.4, 0.5) is 0 Å². The molecule has 15 heavy (non-hydrogen) atoms. The molecular weight excluding hydrogens is 230 g/mol. The third kappa shape index (κ3) is 2.43. The van der Waals surface area contributed by atoms with Crippen molar-refractivity contribution < 1.29 is 4.79 Å². The molecule has 0 aliphatic heterocycles. The molecule has 76 valence electrons. The molecule has 1 heterocycles. The van der Waals surface area contributed by atoms with Crippen LogP contribution >= 0.6 is 22.9 Å². The van der Waals surface area contributed by atoms with Crippen molar-refractivity contribution in [2.75, 3.05) is 0 Å². The van der Waals surface area contributed by atoms with E-state index in [9.17, 15) is 4.79 Å². The Morgan fingerprint density at radius 2 is 2.07 bits per heavy atom. The Morgan fingerprint density at radius 3 is 2.73 bits per heavy atom. The summed E-state index contributed by atoms with van der Waals surface area (Å²) in [6.45, 7) is 0. The first kappa shape index (κ1) is 10.3. The third-order valence-electron chi connectivity index (χ3n) is 1.95. The molecule has 1 aromatic heterocycles. The maximum Gasteiger partial charge on any atom is 0.126 e. The quantitative estimate of drug-likeness (QED) is 0.768. The van der Waals surface area contributed by atoms with Gasteiger partial charge >= 0.3 is 0 Å². The van der Waals surface area contributed by atoms with Gasteiger partial charge in [0.05, 0.1) is 12.1 Å². The van der Waals surface area contributed by atoms with Gasteiger partial charge in [0.25, 0.3) is 0 Å². The van der Waals surface area contributed by atoms with Crippen LogP contribution in [-0.2, 0) is 11.2 Å². The van der Waals surface area contributed by atoms with Gasteiger partial charge in [-0.05, 0) is 12.1 Å². The molecule has 0 unspecified atom stereocenters. The Balaban J connectivity index is 2.28. The van der Waals surface area contributed by atoms with E-state index in [1.165, 1.54) is 11.3 Å². The number of nitrogens with zero attached hydrogens (tertiary/aromatic N) is 1. The summed E-state index contributed by atoms with van der Waals surface area (Å²) in [7, 11) is 0. The van der Waals surface area contributed by atoms with Crippen molar-refractivity contribution in [3.8, 4) is 11.3 Å². The van der Waals surface area contributed by atoms with Gasteiger partial charge in [0.1, 0.15) is 11.3 Å². The van der Waals surface area contributed by atoms with E-state index in [0.717, 1.165) is 22.6 Å². The lowest BCUT2D eigenvalue weighted by molar-refractivity contribution is -0.107. The highest BCUT2D eigenvalue weighted by Crippen LogP contribution is 2.23. The molecule has 0 saturated carbocycles. The van der Waals surface area contributed by atoms with Crippen molar-refractivity contribution in [2.45, 2.75) is 6.42 Å². The number of halogens is 1. The number of carbonyl (C=O) groups excluding carboxylic acids is 1. The topological polar surface area (TPSA) is 30.0 Å². The maximum atomic E-state index is 10.3. The molecule has 4 heteroatoms. The normalized spacial score (nSPS) is 10.2. The van der Waals surface area contributed by atoms with Gasteiger partial charge < -0.3 is 4.79 Å². The number of hydrogen-bond donors (Lipinski definition) is 0. The molecule has 2 rings (SSSR count). The molecule has 0 fully saturated rings. The Hall–Kier alpha value is -1.19. The van der Waals surface area contributed by atoms with Crippen molar-refractivity contribution in [2.24, 2.45) is 0 Å². The molecule has 2 nitrogen and oxygen atoms in total. The highest BCUT2D eigenvalue weighted by atomic mass is 35.5. The minimum atomic E-state index is 0.387. The Kier molecular flexibility index (Phi) is 3.14. The molecular formula is C11H8ClNOS. The molecule has 0 aliphatic carbocycles. The zero-order chi connectivity index (χ0) is 10.7. The number of aromatic nitrogens is 1. The zero-order valence-electron chi connectivity index (χ0n) is 7.81. The van der Waals surface area contributed by atoms with E-state index in [1.54, 1.807) is 0 Å². The van der Waals surface area contributed by atoms with Gasteiger partial charge in [-0.3, -0.25) is 0 Å². The summed E-state index contributed by atoms with van der Waals surface area (Å²) >= 11 is 7.29. The summed E-state index contributed by atoms with van der Waals surface area (Å²) in [5.74, 6) is 0. The highest BCUT2D eigenvalue weighted by molar-refractivity contribution is 7.10. The smallest absolute Gasteiger partial charge is 0.126 e. The van der Waals surface area contributed by atoms with E-state index < -0.39 is 0 Å². The lowest BCUT2D eigenvalue weighted by atomic mass is 10.2. The Morgan fingerprint density at radius 1 is 1.33 bits per heavy atom.